The second kappa shape index (κ2) is 5.61. The highest BCUT2D eigenvalue weighted by Gasteiger charge is 2.34. The van der Waals surface area contributed by atoms with Crippen LogP contribution in [0.4, 0.5) is 0 Å². The van der Waals surface area contributed by atoms with Crippen LogP contribution in [0, 0.1) is 0 Å². The van der Waals surface area contributed by atoms with Crippen LogP contribution in [0.25, 0.3) is 16.7 Å². The van der Waals surface area contributed by atoms with Gasteiger partial charge < -0.3 is 0 Å². The van der Waals surface area contributed by atoms with E-state index in [4.69, 9.17) is 0 Å². The van der Waals surface area contributed by atoms with E-state index in [1.54, 1.807) is 0 Å². The van der Waals surface area contributed by atoms with Crippen molar-refractivity contribution in [2.45, 2.75) is 39.0 Å². The van der Waals surface area contributed by atoms with Gasteiger partial charge in [-0.2, -0.15) is 0 Å². The van der Waals surface area contributed by atoms with Crippen molar-refractivity contribution in [2.75, 3.05) is 0 Å². The summed E-state index contributed by atoms with van der Waals surface area (Å²) in [6.07, 6.45) is 6.29. The third-order valence-electron chi connectivity index (χ3n) is 4.79. The first kappa shape index (κ1) is 14.8. The van der Waals surface area contributed by atoms with Gasteiger partial charge in [-0.25, -0.2) is 0 Å². The molecule has 0 bridgehead atoms. The van der Waals surface area contributed by atoms with Crippen molar-refractivity contribution < 1.29 is 0 Å². The lowest BCUT2D eigenvalue weighted by molar-refractivity contribution is 0.660. The van der Waals surface area contributed by atoms with E-state index in [1.165, 1.54) is 33.4 Å². The maximum Gasteiger partial charge on any atom is 0.0158 e. The van der Waals surface area contributed by atoms with Crippen LogP contribution in [0.15, 0.2) is 61.2 Å². The van der Waals surface area contributed by atoms with Crippen molar-refractivity contribution in [1.82, 2.24) is 0 Å². The summed E-state index contributed by atoms with van der Waals surface area (Å²) in [5, 5.41) is 0. The Kier molecular flexibility index (Phi) is 3.78. The van der Waals surface area contributed by atoms with E-state index >= 15 is 0 Å². The molecule has 22 heavy (non-hydrogen) atoms. The van der Waals surface area contributed by atoms with Gasteiger partial charge in [0.1, 0.15) is 0 Å². The molecule has 1 aliphatic rings. The molecule has 3 rings (SSSR count). The quantitative estimate of drug-likeness (QED) is 0.574. The van der Waals surface area contributed by atoms with Crippen molar-refractivity contribution in [3.63, 3.8) is 0 Å². The van der Waals surface area contributed by atoms with E-state index in [2.05, 4.69) is 75.9 Å². The number of benzene rings is 2. The molecule has 0 unspecified atom stereocenters. The van der Waals surface area contributed by atoms with E-state index in [1.807, 2.05) is 6.08 Å². The van der Waals surface area contributed by atoms with Crippen LogP contribution in [0.3, 0.4) is 0 Å². The minimum atomic E-state index is 0.0948. The maximum atomic E-state index is 3.86. The first-order valence-corrected chi connectivity index (χ1v) is 8.16. The van der Waals surface area contributed by atoms with E-state index in [0.717, 1.165) is 12.8 Å². The van der Waals surface area contributed by atoms with Crippen LogP contribution >= 0.6 is 0 Å². The lowest BCUT2D eigenvalue weighted by Gasteiger charge is -2.21. The van der Waals surface area contributed by atoms with Gasteiger partial charge in [0.05, 0.1) is 0 Å². The summed E-state index contributed by atoms with van der Waals surface area (Å²) >= 11 is 0. The first-order valence-electron chi connectivity index (χ1n) is 8.16. The molecule has 0 heterocycles. The SMILES string of the molecule is C=C/C=C(\CCC)c1ccc2c(c1)-c1ccccc1C2(C)C. The summed E-state index contributed by atoms with van der Waals surface area (Å²) in [5.41, 5.74) is 8.45. The van der Waals surface area contributed by atoms with Crippen molar-refractivity contribution in [2.24, 2.45) is 0 Å². The Labute approximate surface area is 134 Å². The summed E-state index contributed by atoms with van der Waals surface area (Å²) in [7, 11) is 0. The van der Waals surface area contributed by atoms with Gasteiger partial charge in [0.25, 0.3) is 0 Å². The molecule has 0 fully saturated rings. The normalized spacial score (nSPS) is 15.3. The summed E-state index contributed by atoms with van der Waals surface area (Å²) in [6, 6.07) is 15.8. The fraction of sp³-hybridized carbons (Fsp3) is 0.273. The van der Waals surface area contributed by atoms with Crippen molar-refractivity contribution >= 4 is 5.57 Å². The molecule has 0 N–H and O–H groups in total. The second-order valence-corrected chi connectivity index (χ2v) is 6.61. The molecule has 0 aromatic heterocycles. The van der Waals surface area contributed by atoms with Crippen molar-refractivity contribution in [3.05, 3.63) is 77.9 Å². The topological polar surface area (TPSA) is 0 Å². The predicted octanol–water partition coefficient (Wildman–Crippen LogP) is 6.36. The minimum absolute atomic E-state index is 0.0948. The Hall–Kier alpha value is -2.08. The molecule has 2 aromatic rings. The number of rotatable bonds is 4. The number of allylic oxidation sites excluding steroid dienone is 3. The highest BCUT2D eigenvalue weighted by atomic mass is 14.4. The van der Waals surface area contributed by atoms with E-state index < -0.39 is 0 Å². The number of hydrogen-bond acceptors (Lipinski definition) is 0. The highest BCUT2D eigenvalue weighted by Crippen LogP contribution is 2.49. The largest absolute Gasteiger partial charge is 0.0991 e. The minimum Gasteiger partial charge on any atom is -0.0991 e. The van der Waals surface area contributed by atoms with Crippen LogP contribution < -0.4 is 0 Å². The summed E-state index contributed by atoms with van der Waals surface area (Å²) < 4.78 is 0. The van der Waals surface area contributed by atoms with Gasteiger partial charge in [-0.3, -0.25) is 0 Å². The van der Waals surface area contributed by atoms with E-state index in [9.17, 15) is 0 Å². The van der Waals surface area contributed by atoms with Gasteiger partial charge in [0, 0.05) is 5.41 Å². The predicted molar refractivity (Wildman–Crippen MR) is 97.1 cm³/mol. The van der Waals surface area contributed by atoms with Gasteiger partial charge in [-0.05, 0) is 45.9 Å². The molecule has 0 saturated carbocycles. The summed E-state index contributed by atoms with van der Waals surface area (Å²) in [6.45, 7) is 10.7. The Morgan fingerprint density at radius 1 is 1.05 bits per heavy atom. The third kappa shape index (κ3) is 2.23. The summed E-state index contributed by atoms with van der Waals surface area (Å²) in [5.74, 6) is 0. The zero-order chi connectivity index (χ0) is 15.7. The molecule has 0 saturated heterocycles. The second-order valence-electron chi connectivity index (χ2n) is 6.61. The molecule has 0 heteroatoms. The van der Waals surface area contributed by atoms with E-state index in [-0.39, 0.29) is 5.41 Å². The van der Waals surface area contributed by atoms with Crippen LogP contribution in [0.2, 0.25) is 0 Å². The van der Waals surface area contributed by atoms with Crippen molar-refractivity contribution in [1.29, 1.82) is 0 Å². The summed E-state index contributed by atoms with van der Waals surface area (Å²) in [4.78, 5) is 0. The molecule has 0 aliphatic heterocycles. The molecule has 0 radical (unpaired) electrons. The van der Waals surface area contributed by atoms with Crippen LogP contribution in [0.1, 0.15) is 50.3 Å². The average molecular weight is 288 g/mol. The first-order chi connectivity index (χ1) is 10.6. The van der Waals surface area contributed by atoms with Crippen molar-refractivity contribution in [3.8, 4) is 11.1 Å². The Morgan fingerprint density at radius 3 is 2.50 bits per heavy atom. The standard InChI is InChI=1S/C22H24/c1-5-9-16(10-6-2)17-13-14-21-19(15-17)18-11-7-8-12-20(18)22(21,3)4/h5,7-9,11-15H,1,6,10H2,2-4H3/b16-9+. The van der Waals surface area contributed by atoms with Crippen LogP contribution in [0.5, 0.6) is 0 Å². The molecule has 112 valence electrons. The number of fused-ring (bicyclic) bond motifs is 3. The molecule has 0 nitrogen and oxygen atoms in total. The molecular formula is C22H24. The fourth-order valence-corrected chi connectivity index (χ4v) is 3.66. The van der Waals surface area contributed by atoms with Gasteiger partial charge in [0.2, 0.25) is 0 Å². The molecule has 2 aromatic carbocycles. The smallest absolute Gasteiger partial charge is 0.0158 e. The number of hydrogen-bond donors (Lipinski definition) is 0. The highest BCUT2D eigenvalue weighted by molar-refractivity contribution is 5.83. The Morgan fingerprint density at radius 2 is 1.77 bits per heavy atom. The molecular weight excluding hydrogens is 264 g/mol. The van der Waals surface area contributed by atoms with Gasteiger partial charge >= 0.3 is 0 Å². The monoisotopic (exact) mass is 288 g/mol. The van der Waals surface area contributed by atoms with Gasteiger partial charge in [-0.15, -0.1) is 0 Å². The van der Waals surface area contributed by atoms with Crippen LogP contribution in [-0.2, 0) is 5.41 Å². The third-order valence-corrected chi connectivity index (χ3v) is 4.79. The molecule has 0 amide bonds. The lowest BCUT2D eigenvalue weighted by Crippen LogP contribution is -2.14. The fourth-order valence-electron chi connectivity index (χ4n) is 3.66. The Balaban J connectivity index is 2.17. The zero-order valence-corrected chi connectivity index (χ0v) is 13.8. The molecule has 0 atom stereocenters. The maximum absolute atomic E-state index is 3.86. The Bertz CT molecular complexity index is 744. The molecule has 1 aliphatic carbocycles. The van der Waals surface area contributed by atoms with Gasteiger partial charge in [-0.1, -0.05) is 82.3 Å². The molecule has 0 spiro atoms. The van der Waals surface area contributed by atoms with Gasteiger partial charge in [0.15, 0.2) is 0 Å². The van der Waals surface area contributed by atoms with E-state index in [0.29, 0.717) is 0 Å². The average Bonchev–Trinajstić information content (AvgIpc) is 2.76. The zero-order valence-electron chi connectivity index (χ0n) is 13.8. The lowest BCUT2D eigenvalue weighted by atomic mass is 9.82. The van der Waals surface area contributed by atoms with Crippen LogP contribution in [-0.4, -0.2) is 0 Å².